The van der Waals surface area contributed by atoms with Gasteiger partial charge in [0.25, 0.3) is 0 Å². The number of anilines is 1. The van der Waals surface area contributed by atoms with Gasteiger partial charge >= 0.3 is 5.97 Å². The summed E-state index contributed by atoms with van der Waals surface area (Å²) in [5, 5.41) is 13.6. The average Bonchev–Trinajstić information content (AvgIpc) is 2.47. The molecule has 2 rings (SSSR count). The van der Waals surface area contributed by atoms with Crippen LogP contribution in [-0.2, 0) is 0 Å². The Bertz CT molecular complexity index is 631. The van der Waals surface area contributed by atoms with E-state index < -0.39 is 5.97 Å². The Kier molecular flexibility index (Phi) is 5.44. The molecule has 1 aromatic carbocycles. The van der Waals surface area contributed by atoms with E-state index in [4.69, 9.17) is 0 Å². The highest BCUT2D eigenvalue weighted by atomic mass is 32.2. The van der Waals surface area contributed by atoms with Crippen molar-refractivity contribution in [3.63, 3.8) is 0 Å². The maximum Gasteiger partial charge on any atom is 0.354 e. The largest absolute Gasteiger partial charge is 0.477 e. The van der Waals surface area contributed by atoms with Crippen LogP contribution in [0.2, 0.25) is 0 Å². The van der Waals surface area contributed by atoms with Gasteiger partial charge in [0.05, 0.1) is 5.52 Å². The zero-order valence-electron chi connectivity index (χ0n) is 12.3. The van der Waals surface area contributed by atoms with Crippen LogP contribution in [0.3, 0.4) is 0 Å². The normalized spacial score (nSPS) is 12.3. The van der Waals surface area contributed by atoms with E-state index in [1.165, 1.54) is 0 Å². The van der Waals surface area contributed by atoms with Crippen LogP contribution in [-0.4, -0.2) is 33.6 Å². The fourth-order valence-corrected chi connectivity index (χ4v) is 2.96. The minimum absolute atomic E-state index is 0.0753. The molecule has 0 amide bonds. The Labute approximate surface area is 129 Å². The van der Waals surface area contributed by atoms with Crippen LogP contribution in [0.1, 0.15) is 30.8 Å². The van der Waals surface area contributed by atoms with E-state index in [-0.39, 0.29) is 11.7 Å². The maximum atomic E-state index is 11.2. The van der Waals surface area contributed by atoms with Crippen LogP contribution < -0.4 is 5.32 Å². The van der Waals surface area contributed by atoms with E-state index in [0.717, 1.165) is 29.0 Å². The Hall–Kier alpha value is -1.75. The lowest BCUT2D eigenvalue weighted by Crippen LogP contribution is -2.17. The number of carboxylic acids is 1. The average molecular weight is 304 g/mol. The molecule has 4 nitrogen and oxygen atoms in total. The van der Waals surface area contributed by atoms with E-state index in [1.807, 2.05) is 36.0 Å². The van der Waals surface area contributed by atoms with Crippen molar-refractivity contribution in [3.8, 4) is 0 Å². The molecule has 0 radical (unpaired) electrons. The van der Waals surface area contributed by atoms with Gasteiger partial charge in [0.1, 0.15) is 0 Å². The van der Waals surface area contributed by atoms with Gasteiger partial charge in [-0.2, -0.15) is 11.8 Å². The molecule has 5 heteroatoms. The first-order valence-corrected chi connectivity index (χ1v) is 8.24. The summed E-state index contributed by atoms with van der Waals surface area (Å²) in [6.45, 7) is 4.27. The second-order valence-electron chi connectivity index (χ2n) is 4.91. The highest BCUT2D eigenvalue weighted by Gasteiger charge is 2.12. The van der Waals surface area contributed by atoms with Gasteiger partial charge in [0.2, 0.25) is 0 Å². The lowest BCUT2D eigenvalue weighted by atomic mass is 10.1. The third-order valence-electron chi connectivity index (χ3n) is 3.24. The molecule has 112 valence electrons. The van der Waals surface area contributed by atoms with Gasteiger partial charge in [-0.25, -0.2) is 9.78 Å². The summed E-state index contributed by atoms with van der Waals surface area (Å²) in [6, 6.07) is 9.51. The van der Waals surface area contributed by atoms with Gasteiger partial charge in [-0.1, -0.05) is 25.1 Å². The van der Waals surface area contributed by atoms with Crippen LogP contribution in [0.4, 0.5) is 5.69 Å². The summed E-state index contributed by atoms with van der Waals surface area (Å²) in [5.41, 5.74) is 1.62. The number of aromatic nitrogens is 1. The number of hydrogen-bond acceptors (Lipinski definition) is 4. The number of nitrogens with one attached hydrogen (secondary N) is 1. The molecule has 0 aliphatic carbocycles. The lowest BCUT2D eigenvalue weighted by molar-refractivity contribution is 0.0691. The molecule has 21 heavy (non-hydrogen) atoms. The minimum Gasteiger partial charge on any atom is -0.477 e. The number of aromatic carboxylic acids is 1. The van der Waals surface area contributed by atoms with Gasteiger partial charge in [-0.15, -0.1) is 0 Å². The van der Waals surface area contributed by atoms with Gasteiger partial charge in [-0.3, -0.25) is 0 Å². The molecule has 0 saturated heterocycles. The summed E-state index contributed by atoms with van der Waals surface area (Å²) in [7, 11) is 0. The number of fused-ring (bicyclic) bond motifs is 1. The first-order chi connectivity index (χ1) is 10.1. The number of para-hydroxylation sites is 1. The molecule has 0 aliphatic rings. The number of rotatable bonds is 7. The minimum atomic E-state index is -1.00. The number of carbonyl (C=O) groups is 1. The Morgan fingerprint density at radius 1 is 1.43 bits per heavy atom. The van der Waals surface area contributed by atoms with Crippen molar-refractivity contribution in [2.75, 3.05) is 16.8 Å². The van der Waals surface area contributed by atoms with Crippen molar-refractivity contribution < 1.29 is 9.90 Å². The van der Waals surface area contributed by atoms with Crippen molar-refractivity contribution in [2.45, 2.75) is 26.3 Å². The number of hydrogen-bond donors (Lipinski definition) is 2. The summed E-state index contributed by atoms with van der Waals surface area (Å²) in [6.07, 6.45) is 1.04. The van der Waals surface area contributed by atoms with E-state index >= 15 is 0 Å². The first-order valence-electron chi connectivity index (χ1n) is 7.09. The molecular formula is C16H20N2O2S. The Balaban J connectivity index is 2.26. The quantitative estimate of drug-likeness (QED) is 0.760. The molecule has 1 atom stereocenters. The molecule has 0 bridgehead atoms. The SMILES string of the molecule is CCSCCC(C)Nc1cc(C(=O)O)nc2ccccc12. The highest BCUT2D eigenvalue weighted by molar-refractivity contribution is 7.99. The fourth-order valence-electron chi connectivity index (χ4n) is 2.15. The fraction of sp³-hybridized carbons (Fsp3) is 0.375. The van der Waals surface area contributed by atoms with E-state index in [0.29, 0.717) is 5.52 Å². The van der Waals surface area contributed by atoms with Crippen molar-refractivity contribution in [1.82, 2.24) is 4.98 Å². The standard InChI is InChI=1S/C16H20N2O2S/c1-3-21-9-8-11(2)17-14-10-15(16(19)20)18-13-7-5-4-6-12(13)14/h4-7,10-11H,3,8-9H2,1-2H3,(H,17,18)(H,19,20). The third-order valence-corrected chi connectivity index (χ3v) is 4.17. The molecule has 1 unspecified atom stereocenters. The number of carboxylic acid groups (broad SMARTS) is 1. The van der Waals surface area contributed by atoms with Crippen molar-refractivity contribution in [1.29, 1.82) is 0 Å². The smallest absolute Gasteiger partial charge is 0.354 e. The molecule has 0 saturated carbocycles. The third kappa shape index (κ3) is 4.11. The van der Waals surface area contributed by atoms with Gasteiger partial charge in [0, 0.05) is 17.1 Å². The molecule has 0 fully saturated rings. The Morgan fingerprint density at radius 3 is 2.90 bits per heavy atom. The molecular weight excluding hydrogens is 284 g/mol. The predicted molar refractivity (Wildman–Crippen MR) is 89.4 cm³/mol. The predicted octanol–water partition coefficient (Wildman–Crippen LogP) is 3.88. The van der Waals surface area contributed by atoms with Crippen LogP contribution in [0.15, 0.2) is 30.3 Å². The zero-order valence-corrected chi connectivity index (χ0v) is 13.1. The second kappa shape index (κ2) is 7.31. The number of pyridine rings is 1. The second-order valence-corrected chi connectivity index (χ2v) is 6.30. The van der Waals surface area contributed by atoms with Crippen LogP contribution in [0.25, 0.3) is 10.9 Å². The van der Waals surface area contributed by atoms with Crippen molar-refractivity contribution >= 4 is 34.3 Å². The number of benzene rings is 1. The molecule has 2 N–H and O–H groups in total. The molecule has 1 heterocycles. The monoisotopic (exact) mass is 304 g/mol. The topological polar surface area (TPSA) is 62.2 Å². The van der Waals surface area contributed by atoms with E-state index in [2.05, 4.69) is 24.1 Å². The van der Waals surface area contributed by atoms with Gasteiger partial charge in [-0.05, 0) is 37.0 Å². The molecule has 2 aromatic rings. The number of nitrogens with zero attached hydrogens (tertiary/aromatic N) is 1. The summed E-state index contributed by atoms with van der Waals surface area (Å²) >= 11 is 1.91. The highest BCUT2D eigenvalue weighted by Crippen LogP contribution is 2.24. The van der Waals surface area contributed by atoms with Crippen molar-refractivity contribution in [2.24, 2.45) is 0 Å². The van der Waals surface area contributed by atoms with Crippen LogP contribution >= 0.6 is 11.8 Å². The lowest BCUT2D eigenvalue weighted by Gasteiger charge is -2.17. The zero-order chi connectivity index (χ0) is 15.2. The van der Waals surface area contributed by atoms with Gasteiger partial charge < -0.3 is 10.4 Å². The first kappa shape index (κ1) is 15.6. The maximum absolute atomic E-state index is 11.2. The molecule has 0 aliphatic heterocycles. The summed E-state index contributed by atoms with van der Waals surface area (Å²) in [5.74, 6) is 1.21. The summed E-state index contributed by atoms with van der Waals surface area (Å²) < 4.78 is 0. The Morgan fingerprint density at radius 2 is 2.19 bits per heavy atom. The molecule has 0 spiro atoms. The summed E-state index contributed by atoms with van der Waals surface area (Å²) in [4.78, 5) is 15.4. The van der Waals surface area contributed by atoms with Crippen LogP contribution in [0.5, 0.6) is 0 Å². The van der Waals surface area contributed by atoms with Crippen molar-refractivity contribution in [3.05, 3.63) is 36.0 Å². The van der Waals surface area contributed by atoms with E-state index in [9.17, 15) is 9.90 Å². The van der Waals surface area contributed by atoms with E-state index in [1.54, 1.807) is 6.07 Å². The number of thioether (sulfide) groups is 1. The van der Waals surface area contributed by atoms with Crippen LogP contribution in [0, 0.1) is 0 Å². The molecule has 1 aromatic heterocycles. The van der Waals surface area contributed by atoms with Gasteiger partial charge in [0.15, 0.2) is 5.69 Å².